The molecule has 7 heteroatoms. The molecule has 0 radical (unpaired) electrons. The molecule has 0 atom stereocenters. The minimum absolute atomic E-state index is 0.239. The molecule has 3 aromatic rings. The van der Waals surface area contributed by atoms with Gasteiger partial charge in [-0.15, -0.1) is 0 Å². The summed E-state index contributed by atoms with van der Waals surface area (Å²) in [5, 5.41) is 4.28. The number of amides is 1. The van der Waals surface area contributed by atoms with E-state index in [0.717, 1.165) is 0 Å². The summed E-state index contributed by atoms with van der Waals surface area (Å²) in [6, 6.07) is 9.38. The highest BCUT2D eigenvalue weighted by Gasteiger charge is 2.10. The van der Waals surface area contributed by atoms with Gasteiger partial charge in [-0.2, -0.15) is 0 Å². The van der Waals surface area contributed by atoms with Gasteiger partial charge in [0.05, 0.1) is 15.6 Å². The molecule has 0 saturated carbocycles. The van der Waals surface area contributed by atoms with Gasteiger partial charge in [0.15, 0.2) is 0 Å². The molecular weight excluding hydrogens is 325 g/mol. The van der Waals surface area contributed by atoms with Gasteiger partial charge < -0.3 is 10.3 Å². The van der Waals surface area contributed by atoms with Crippen LogP contribution < -0.4 is 10.9 Å². The predicted octanol–water partition coefficient (Wildman–Crippen LogP) is 3.48. The van der Waals surface area contributed by atoms with E-state index in [-0.39, 0.29) is 11.1 Å². The lowest BCUT2D eigenvalue weighted by atomic mass is 10.2. The molecule has 0 saturated heterocycles. The zero-order valence-corrected chi connectivity index (χ0v) is 12.6. The van der Waals surface area contributed by atoms with Crippen molar-refractivity contribution >= 4 is 45.8 Å². The summed E-state index contributed by atoms with van der Waals surface area (Å²) in [4.78, 5) is 30.0. The van der Waals surface area contributed by atoms with Crippen molar-refractivity contribution in [1.82, 2.24) is 9.97 Å². The van der Waals surface area contributed by atoms with Crippen LogP contribution in [0.25, 0.3) is 10.9 Å². The number of carbonyl (C=O) groups is 1. The monoisotopic (exact) mass is 333 g/mol. The number of aromatic amines is 1. The number of nitrogens with zero attached hydrogens (tertiary/aromatic N) is 1. The normalized spacial score (nSPS) is 10.6. The lowest BCUT2D eigenvalue weighted by molar-refractivity contribution is 0.102. The van der Waals surface area contributed by atoms with Crippen LogP contribution >= 0.6 is 23.2 Å². The zero-order chi connectivity index (χ0) is 15.7. The van der Waals surface area contributed by atoms with Crippen LogP contribution in [0.15, 0.2) is 47.4 Å². The maximum atomic E-state index is 12.1. The number of aromatic nitrogens is 2. The first-order chi connectivity index (χ1) is 10.5. The van der Waals surface area contributed by atoms with E-state index in [1.165, 1.54) is 18.3 Å². The Balaban J connectivity index is 1.96. The largest absolute Gasteiger partial charge is 0.329 e. The number of anilines is 1. The van der Waals surface area contributed by atoms with Crippen molar-refractivity contribution in [2.24, 2.45) is 0 Å². The average molecular weight is 334 g/mol. The fourth-order valence-electron chi connectivity index (χ4n) is 1.99. The smallest absolute Gasteiger partial charge is 0.257 e. The topological polar surface area (TPSA) is 74.8 Å². The van der Waals surface area contributed by atoms with Crippen LogP contribution in [0.5, 0.6) is 0 Å². The molecule has 2 aromatic heterocycles. The number of nitrogens with one attached hydrogen (secondary N) is 2. The van der Waals surface area contributed by atoms with Crippen LogP contribution in [0.1, 0.15) is 10.4 Å². The van der Waals surface area contributed by atoms with E-state index in [9.17, 15) is 9.59 Å². The summed E-state index contributed by atoms with van der Waals surface area (Å²) in [5.41, 5.74) is 0.384. The van der Waals surface area contributed by atoms with Gasteiger partial charge in [0.2, 0.25) is 5.56 Å². The molecule has 0 aliphatic rings. The summed E-state index contributed by atoms with van der Waals surface area (Å²) in [7, 11) is 0. The Kier molecular flexibility index (Phi) is 3.83. The maximum absolute atomic E-state index is 12.1. The van der Waals surface area contributed by atoms with E-state index >= 15 is 0 Å². The second kappa shape index (κ2) is 5.79. The summed E-state index contributed by atoms with van der Waals surface area (Å²) < 4.78 is 0. The lowest BCUT2D eigenvalue weighted by Gasteiger charge is -2.07. The molecule has 3 rings (SSSR count). The molecule has 22 heavy (non-hydrogen) atoms. The zero-order valence-electron chi connectivity index (χ0n) is 11.1. The Morgan fingerprint density at radius 3 is 2.64 bits per heavy atom. The minimum Gasteiger partial charge on any atom is -0.329 e. The first-order valence-electron chi connectivity index (χ1n) is 6.29. The average Bonchev–Trinajstić information content (AvgIpc) is 2.51. The number of halogens is 2. The number of fused-ring (bicyclic) bond motifs is 1. The van der Waals surface area contributed by atoms with Crippen LogP contribution in [-0.4, -0.2) is 15.9 Å². The van der Waals surface area contributed by atoms with Gasteiger partial charge in [-0.05, 0) is 30.3 Å². The number of hydrogen-bond acceptors (Lipinski definition) is 3. The highest BCUT2D eigenvalue weighted by atomic mass is 35.5. The Morgan fingerprint density at radius 2 is 1.86 bits per heavy atom. The predicted molar refractivity (Wildman–Crippen MR) is 86.8 cm³/mol. The lowest BCUT2D eigenvalue weighted by Crippen LogP contribution is -2.16. The van der Waals surface area contributed by atoms with Crippen molar-refractivity contribution in [3.05, 3.63) is 68.6 Å². The molecule has 5 nitrogen and oxygen atoms in total. The van der Waals surface area contributed by atoms with E-state index in [0.29, 0.717) is 26.8 Å². The molecule has 0 aliphatic heterocycles. The summed E-state index contributed by atoms with van der Waals surface area (Å²) in [6.45, 7) is 0. The summed E-state index contributed by atoms with van der Waals surface area (Å²) in [6.07, 6.45) is 1.40. The second-order valence-corrected chi connectivity index (χ2v) is 5.33. The number of pyridine rings is 2. The van der Waals surface area contributed by atoms with Crippen molar-refractivity contribution < 1.29 is 4.79 Å². The van der Waals surface area contributed by atoms with Crippen molar-refractivity contribution in [3.63, 3.8) is 0 Å². The first kappa shape index (κ1) is 14.6. The fraction of sp³-hybridized carbons (Fsp3) is 0. The number of benzene rings is 1. The fourth-order valence-corrected chi connectivity index (χ4v) is 2.42. The third kappa shape index (κ3) is 2.81. The Bertz CT molecular complexity index is 937. The molecule has 2 N–H and O–H groups in total. The summed E-state index contributed by atoms with van der Waals surface area (Å²) >= 11 is 12.2. The number of H-pyrrole nitrogens is 1. The van der Waals surface area contributed by atoms with Crippen molar-refractivity contribution in [3.8, 4) is 0 Å². The number of carbonyl (C=O) groups excluding carboxylic acids is 1. The van der Waals surface area contributed by atoms with E-state index < -0.39 is 5.91 Å². The quantitative estimate of drug-likeness (QED) is 0.753. The molecule has 0 unspecified atom stereocenters. The van der Waals surface area contributed by atoms with E-state index in [2.05, 4.69) is 15.3 Å². The standard InChI is InChI=1S/C15H9Cl2N3O2/c16-10-2-3-11(17)14-9(10)1-4-12(19-14)20-15(22)8-5-6-18-13(21)7-8/h1-7H,(H,18,21)(H,19,20,22). The maximum Gasteiger partial charge on any atom is 0.257 e. The third-order valence-electron chi connectivity index (χ3n) is 3.03. The Hall–Kier alpha value is -2.37. The Morgan fingerprint density at radius 1 is 1.09 bits per heavy atom. The van der Waals surface area contributed by atoms with Gasteiger partial charge in [0.25, 0.3) is 5.91 Å². The van der Waals surface area contributed by atoms with Gasteiger partial charge >= 0.3 is 0 Å². The molecule has 1 amide bonds. The van der Waals surface area contributed by atoms with Crippen molar-refractivity contribution in [2.75, 3.05) is 5.32 Å². The SMILES string of the molecule is O=C(Nc1ccc2c(Cl)ccc(Cl)c2n1)c1cc[nH]c(=O)c1. The molecule has 110 valence electrons. The van der Waals surface area contributed by atoms with Crippen LogP contribution in [0, 0.1) is 0 Å². The highest BCUT2D eigenvalue weighted by molar-refractivity contribution is 6.39. The highest BCUT2D eigenvalue weighted by Crippen LogP contribution is 2.29. The molecule has 0 bridgehead atoms. The van der Waals surface area contributed by atoms with Gasteiger partial charge in [-0.3, -0.25) is 9.59 Å². The molecule has 0 aliphatic carbocycles. The van der Waals surface area contributed by atoms with Crippen molar-refractivity contribution in [2.45, 2.75) is 0 Å². The van der Waals surface area contributed by atoms with E-state index in [1.54, 1.807) is 24.3 Å². The number of hydrogen-bond donors (Lipinski definition) is 2. The minimum atomic E-state index is -0.434. The van der Waals surface area contributed by atoms with Crippen LogP contribution in [-0.2, 0) is 0 Å². The Labute approximate surface area is 134 Å². The molecule has 0 fully saturated rings. The van der Waals surface area contributed by atoms with Gasteiger partial charge in [-0.1, -0.05) is 23.2 Å². The third-order valence-corrected chi connectivity index (χ3v) is 3.67. The molecular formula is C15H9Cl2N3O2. The second-order valence-electron chi connectivity index (χ2n) is 4.52. The van der Waals surface area contributed by atoms with Gasteiger partial charge in [-0.25, -0.2) is 4.98 Å². The molecule has 0 spiro atoms. The van der Waals surface area contributed by atoms with E-state index in [4.69, 9.17) is 23.2 Å². The van der Waals surface area contributed by atoms with Crippen LogP contribution in [0.3, 0.4) is 0 Å². The summed E-state index contributed by atoms with van der Waals surface area (Å²) in [5.74, 6) is -0.113. The van der Waals surface area contributed by atoms with Crippen molar-refractivity contribution in [1.29, 1.82) is 0 Å². The van der Waals surface area contributed by atoms with Gasteiger partial charge in [0.1, 0.15) is 5.82 Å². The number of rotatable bonds is 2. The molecule has 1 aromatic carbocycles. The van der Waals surface area contributed by atoms with E-state index in [1.807, 2.05) is 0 Å². The first-order valence-corrected chi connectivity index (χ1v) is 7.05. The van der Waals surface area contributed by atoms with Crippen LogP contribution in [0.2, 0.25) is 10.0 Å². The van der Waals surface area contributed by atoms with Gasteiger partial charge in [0, 0.05) is 23.2 Å². The van der Waals surface area contributed by atoms with Crippen LogP contribution in [0.4, 0.5) is 5.82 Å². The molecule has 2 heterocycles.